The van der Waals surface area contributed by atoms with E-state index in [0.29, 0.717) is 6.54 Å². The van der Waals surface area contributed by atoms with Gasteiger partial charge in [0, 0.05) is 30.1 Å². The smallest absolute Gasteiger partial charge is 0.240 e. The summed E-state index contributed by atoms with van der Waals surface area (Å²) in [5.41, 5.74) is 6.66. The van der Waals surface area contributed by atoms with Crippen molar-refractivity contribution in [2.75, 3.05) is 6.54 Å². The zero-order valence-corrected chi connectivity index (χ0v) is 13.6. The van der Waals surface area contributed by atoms with E-state index in [1.807, 2.05) is 19.2 Å². The highest BCUT2D eigenvalue weighted by molar-refractivity contribution is 7.89. The third-order valence-corrected chi connectivity index (χ3v) is 5.62. The van der Waals surface area contributed by atoms with E-state index >= 15 is 0 Å². The molecule has 1 heterocycles. The summed E-state index contributed by atoms with van der Waals surface area (Å²) in [7, 11) is -3.50. The number of rotatable bonds is 6. The lowest BCUT2D eigenvalue weighted by atomic mass is 10.1. The van der Waals surface area contributed by atoms with Crippen LogP contribution in [0, 0.1) is 0 Å². The maximum atomic E-state index is 12.2. The van der Waals surface area contributed by atoms with Gasteiger partial charge in [-0.25, -0.2) is 18.1 Å². The summed E-state index contributed by atoms with van der Waals surface area (Å²) in [6.07, 6.45) is 1.72. The second-order valence-electron chi connectivity index (χ2n) is 4.98. The van der Waals surface area contributed by atoms with Crippen molar-refractivity contribution >= 4 is 21.4 Å². The Labute approximate surface area is 129 Å². The molecule has 0 spiro atoms. The van der Waals surface area contributed by atoms with Crippen LogP contribution in [0.4, 0.5) is 0 Å². The van der Waals surface area contributed by atoms with Crippen molar-refractivity contribution in [3.8, 4) is 0 Å². The highest BCUT2D eigenvalue weighted by Gasteiger charge is 2.17. The van der Waals surface area contributed by atoms with E-state index < -0.39 is 10.0 Å². The third kappa shape index (κ3) is 4.10. The van der Waals surface area contributed by atoms with Gasteiger partial charge in [0.2, 0.25) is 10.0 Å². The minimum absolute atomic E-state index is 0.0445. The van der Waals surface area contributed by atoms with Gasteiger partial charge in [0.25, 0.3) is 0 Å². The molecule has 114 valence electrons. The molecular weight excluding hydrogens is 306 g/mol. The molecule has 0 aliphatic rings. The van der Waals surface area contributed by atoms with Gasteiger partial charge in [-0.15, -0.1) is 11.3 Å². The number of hydrogen-bond donors (Lipinski definition) is 2. The molecule has 5 nitrogen and oxygen atoms in total. The number of aromatic nitrogens is 1. The van der Waals surface area contributed by atoms with Crippen molar-refractivity contribution in [2.24, 2.45) is 5.73 Å². The zero-order chi connectivity index (χ0) is 15.5. The highest BCUT2D eigenvalue weighted by Crippen LogP contribution is 2.18. The van der Waals surface area contributed by atoms with Crippen molar-refractivity contribution in [3.05, 3.63) is 46.4 Å². The van der Waals surface area contributed by atoms with Crippen molar-refractivity contribution < 1.29 is 8.42 Å². The second kappa shape index (κ2) is 6.65. The Morgan fingerprint density at radius 2 is 1.95 bits per heavy atom. The Morgan fingerprint density at radius 3 is 2.48 bits per heavy atom. The van der Waals surface area contributed by atoms with E-state index in [1.54, 1.807) is 30.5 Å². The van der Waals surface area contributed by atoms with Crippen LogP contribution in [0.2, 0.25) is 0 Å². The standard InChI is InChI=1S/C14H19N3O2S2/c1-10(14-16-7-8-20-14)9-17-21(18,19)13-5-3-12(4-6-13)11(2)15/h3-8,10-11,17H,9,15H2,1-2H3. The van der Waals surface area contributed by atoms with Crippen molar-refractivity contribution in [3.63, 3.8) is 0 Å². The van der Waals surface area contributed by atoms with Gasteiger partial charge in [-0.05, 0) is 24.6 Å². The first kappa shape index (κ1) is 16.1. The summed E-state index contributed by atoms with van der Waals surface area (Å²) in [5.74, 6) is 0.0445. The largest absolute Gasteiger partial charge is 0.324 e. The van der Waals surface area contributed by atoms with Crippen LogP contribution in [0.5, 0.6) is 0 Å². The first-order chi connectivity index (χ1) is 9.90. The molecule has 21 heavy (non-hydrogen) atoms. The van der Waals surface area contributed by atoms with Crippen LogP contribution in [-0.2, 0) is 10.0 Å². The molecule has 0 radical (unpaired) electrons. The Balaban J connectivity index is 2.04. The minimum atomic E-state index is -3.50. The maximum absolute atomic E-state index is 12.2. The summed E-state index contributed by atoms with van der Waals surface area (Å²) in [5, 5.41) is 2.80. The van der Waals surface area contributed by atoms with Gasteiger partial charge in [-0.2, -0.15) is 0 Å². The van der Waals surface area contributed by atoms with Gasteiger partial charge < -0.3 is 5.73 Å². The predicted octanol–water partition coefficient (Wildman–Crippen LogP) is 2.24. The first-order valence-corrected chi connectivity index (χ1v) is 9.01. The lowest BCUT2D eigenvalue weighted by molar-refractivity contribution is 0.574. The Morgan fingerprint density at radius 1 is 1.29 bits per heavy atom. The monoisotopic (exact) mass is 325 g/mol. The van der Waals surface area contributed by atoms with E-state index in [0.717, 1.165) is 10.6 Å². The van der Waals surface area contributed by atoms with E-state index in [1.165, 1.54) is 11.3 Å². The fourth-order valence-electron chi connectivity index (χ4n) is 1.83. The molecule has 0 bridgehead atoms. The summed E-state index contributed by atoms with van der Waals surface area (Å²) < 4.78 is 27.1. The third-order valence-electron chi connectivity index (χ3n) is 3.17. The lowest BCUT2D eigenvalue weighted by Crippen LogP contribution is -2.27. The number of sulfonamides is 1. The predicted molar refractivity (Wildman–Crippen MR) is 84.8 cm³/mol. The summed E-state index contributed by atoms with van der Waals surface area (Å²) in [4.78, 5) is 4.44. The molecule has 0 aliphatic heterocycles. The van der Waals surface area contributed by atoms with Crippen LogP contribution < -0.4 is 10.5 Å². The fourth-order valence-corrected chi connectivity index (χ4v) is 3.66. The van der Waals surface area contributed by atoms with Crippen LogP contribution in [-0.4, -0.2) is 19.9 Å². The number of nitrogens with one attached hydrogen (secondary N) is 1. The molecule has 2 atom stereocenters. The molecule has 1 aromatic carbocycles. The number of thiazole rings is 1. The maximum Gasteiger partial charge on any atom is 0.240 e. The average molecular weight is 325 g/mol. The minimum Gasteiger partial charge on any atom is -0.324 e. The van der Waals surface area contributed by atoms with Gasteiger partial charge in [0.1, 0.15) is 0 Å². The van der Waals surface area contributed by atoms with E-state index in [2.05, 4.69) is 9.71 Å². The Hall–Kier alpha value is -1.28. The summed E-state index contributed by atoms with van der Waals surface area (Å²) in [6.45, 7) is 4.13. The zero-order valence-electron chi connectivity index (χ0n) is 12.0. The van der Waals surface area contributed by atoms with Crippen molar-refractivity contribution in [2.45, 2.75) is 30.7 Å². The molecule has 0 amide bonds. The van der Waals surface area contributed by atoms with Gasteiger partial charge in [-0.3, -0.25) is 0 Å². The summed E-state index contributed by atoms with van der Waals surface area (Å²) >= 11 is 1.52. The average Bonchev–Trinajstić information content (AvgIpc) is 2.99. The van der Waals surface area contributed by atoms with Crippen molar-refractivity contribution in [1.82, 2.24) is 9.71 Å². The lowest BCUT2D eigenvalue weighted by Gasteiger charge is -2.12. The van der Waals surface area contributed by atoms with Gasteiger partial charge in [0.05, 0.1) is 9.90 Å². The van der Waals surface area contributed by atoms with Crippen LogP contribution in [0.3, 0.4) is 0 Å². The molecule has 2 unspecified atom stereocenters. The number of benzene rings is 1. The van der Waals surface area contributed by atoms with E-state index in [4.69, 9.17) is 5.73 Å². The second-order valence-corrected chi connectivity index (χ2v) is 7.67. The fraction of sp³-hybridized carbons (Fsp3) is 0.357. The van der Waals surface area contributed by atoms with Gasteiger partial charge in [0.15, 0.2) is 0 Å². The molecule has 0 fully saturated rings. The number of nitrogens with two attached hydrogens (primary N) is 1. The normalized spacial score (nSPS) is 14.8. The van der Waals surface area contributed by atoms with Gasteiger partial charge >= 0.3 is 0 Å². The molecule has 1 aromatic heterocycles. The highest BCUT2D eigenvalue weighted by atomic mass is 32.2. The Bertz CT molecular complexity index is 665. The molecule has 2 rings (SSSR count). The number of nitrogens with zero attached hydrogens (tertiary/aromatic N) is 1. The Kier molecular flexibility index (Phi) is 5.10. The molecule has 7 heteroatoms. The molecule has 3 N–H and O–H groups in total. The molecule has 2 aromatic rings. The van der Waals surface area contributed by atoms with Crippen LogP contribution in [0.1, 0.15) is 36.4 Å². The van der Waals surface area contributed by atoms with Crippen LogP contribution in [0.15, 0.2) is 40.7 Å². The van der Waals surface area contributed by atoms with Gasteiger partial charge in [-0.1, -0.05) is 19.1 Å². The first-order valence-electron chi connectivity index (χ1n) is 6.65. The molecule has 0 saturated carbocycles. The molecular formula is C14H19N3O2S2. The number of hydrogen-bond acceptors (Lipinski definition) is 5. The quantitative estimate of drug-likeness (QED) is 0.853. The van der Waals surface area contributed by atoms with Crippen LogP contribution in [0.25, 0.3) is 0 Å². The topological polar surface area (TPSA) is 85.1 Å². The van der Waals surface area contributed by atoms with E-state index in [9.17, 15) is 8.42 Å². The molecule has 0 aliphatic carbocycles. The van der Waals surface area contributed by atoms with Crippen molar-refractivity contribution in [1.29, 1.82) is 0 Å². The van der Waals surface area contributed by atoms with E-state index in [-0.39, 0.29) is 16.9 Å². The SMILES string of the molecule is CC(N)c1ccc(S(=O)(=O)NCC(C)c2nccs2)cc1. The molecule has 0 saturated heterocycles. The van der Waals surface area contributed by atoms with Crippen LogP contribution >= 0.6 is 11.3 Å². The summed E-state index contributed by atoms with van der Waals surface area (Å²) in [6, 6.07) is 6.52.